The highest BCUT2D eigenvalue weighted by Crippen LogP contribution is 2.17. The Hall–Kier alpha value is -1.42. The molecule has 4 heteroatoms. The number of hydrogen-bond donors (Lipinski definition) is 1. The highest BCUT2D eigenvalue weighted by molar-refractivity contribution is 5.95. The van der Waals surface area contributed by atoms with Crippen LogP contribution in [-0.2, 0) is 0 Å². The molecule has 0 aliphatic rings. The third kappa shape index (κ3) is 2.53. The minimum atomic E-state index is -0.733. The Morgan fingerprint density at radius 3 is 2.53 bits per heavy atom. The number of aryl methyl sites for hydroxylation is 1. The summed E-state index contributed by atoms with van der Waals surface area (Å²) < 4.78 is 0. The van der Waals surface area contributed by atoms with Crippen LogP contribution in [0, 0.1) is 6.92 Å². The van der Waals surface area contributed by atoms with Crippen molar-refractivity contribution in [2.45, 2.75) is 20.0 Å². The molecule has 0 fully saturated rings. The summed E-state index contributed by atoms with van der Waals surface area (Å²) in [5.41, 5.74) is 1.69. The van der Waals surface area contributed by atoms with Gasteiger partial charge in [0.15, 0.2) is 0 Å². The molecular formula is C11H16N2O2. The molecule has 0 spiro atoms. The Morgan fingerprint density at radius 2 is 2.07 bits per heavy atom. The van der Waals surface area contributed by atoms with Gasteiger partial charge in [0.1, 0.15) is 0 Å². The van der Waals surface area contributed by atoms with Gasteiger partial charge in [0.25, 0.3) is 5.91 Å². The molecule has 0 saturated carbocycles. The van der Waals surface area contributed by atoms with Gasteiger partial charge in [-0.05, 0) is 26.0 Å². The SMILES string of the molecule is Cc1ccc(C(=O)N(C)C)c(C(C)O)n1. The molecule has 1 rings (SSSR count). The molecule has 1 aromatic heterocycles. The highest BCUT2D eigenvalue weighted by atomic mass is 16.3. The van der Waals surface area contributed by atoms with Gasteiger partial charge in [0.05, 0.1) is 17.4 Å². The zero-order chi connectivity index (χ0) is 11.6. The number of carbonyl (C=O) groups excluding carboxylic acids is 1. The average molecular weight is 208 g/mol. The lowest BCUT2D eigenvalue weighted by atomic mass is 10.1. The molecule has 1 aromatic rings. The van der Waals surface area contributed by atoms with E-state index in [1.807, 2.05) is 6.92 Å². The van der Waals surface area contributed by atoms with Crippen molar-refractivity contribution in [1.82, 2.24) is 9.88 Å². The van der Waals surface area contributed by atoms with Gasteiger partial charge < -0.3 is 10.0 Å². The third-order valence-electron chi connectivity index (χ3n) is 2.10. The second-order valence-corrected chi connectivity index (χ2v) is 3.76. The van der Waals surface area contributed by atoms with Gasteiger partial charge in [-0.25, -0.2) is 0 Å². The molecular weight excluding hydrogens is 192 g/mol. The normalized spacial score (nSPS) is 12.3. The third-order valence-corrected chi connectivity index (χ3v) is 2.10. The van der Waals surface area contributed by atoms with E-state index < -0.39 is 6.10 Å². The van der Waals surface area contributed by atoms with Crippen LogP contribution in [-0.4, -0.2) is 35.0 Å². The zero-order valence-corrected chi connectivity index (χ0v) is 9.48. The Balaban J connectivity index is 3.23. The summed E-state index contributed by atoms with van der Waals surface area (Å²) in [5.74, 6) is -0.140. The average Bonchev–Trinajstić information content (AvgIpc) is 2.16. The van der Waals surface area contributed by atoms with E-state index in [0.29, 0.717) is 11.3 Å². The topological polar surface area (TPSA) is 53.4 Å². The summed E-state index contributed by atoms with van der Waals surface area (Å²) in [7, 11) is 3.35. The predicted octanol–water partition coefficient (Wildman–Crippen LogP) is 1.15. The number of aromatic nitrogens is 1. The van der Waals surface area contributed by atoms with Crippen molar-refractivity contribution >= 4 is 5.91 Å². The molecule has 0 aliphatic carbocycles. The minimum Gasteiger partial charge on any atom is -0.387 e. The molecule has 82 valence electrons. The fourth-order valence-corrected chi connectivity index (χ4v) is 1.32. The van der Waals surface area contributed by atoms with E-state index in [2.05, 4.69) is 4.98 Å². The lowest BCUT2D eigenvalue weighted by Gasteiger charge is -2.15. The van der Waals surface area contributed by atoms with E-state index in [-0.39, 0.29) is 5.91 Å². The number of rotatable bonds is 2. The summed E-state index contributed by atoms with van der Waals surface area (Å²) in [5, 5.41) is 9.53. The Bertz CT molecular complexity index is 373. The van der Waals surface area contributed by atoms with Crippen LogP contribution in [0.3, 0.4) is 0 Å². The maximum atomic E-state index is 11.8. The van der Waals surface area contributed by atoms with Crippen molar-refractivity contribution in [3.63, 3.8) is 0 Å². The molecule has 1 N–H and O–H groups in total. The first-order chi connectivity index (χ1) is 6.93. The summed E-state index contributed by atoms with van der Waals surface area (Å²) in [6.45, 7) is 3.43. The van der Waals surface area contributed by atoms with Gasteiger partial charge in [0, 0.05) is 19.8 Å². The van der Waals surface area contributed by atoms with Crippen molar-refractivity contribution in [2.24, 2.45) is 0 Å². The standard InChI is InChI=1S/C11H16N2O2/c1-7-5-6-9(11(15)13(3)4)10(12-7)8(2)14/h5-6,8,14H,1-4H3. The van der Waals surface area contributed by atoms with Crippen LogP contribution < -0.4 is 0 Å². The lowest BCUT2D eigenvalue weighted by molar-refractivity contribution is 0.0820. The largest absolute Gasteiger partial charge is 0.387 e. The van der Waals surface area contributed by atoms with Gasteiger partial charge in [-0.2, -0.15) is 0 Å². The van der Waals surface area contributed by atoms with Gasteiger partial charge in [0.2, 0.25) is 0 Å². The molecule has 0 aromatic carbocycles. The zero-order valence-electron chi connectivity index (χ0n) is 9.48. The summed E-state index contributed by atoms with van der Waals surface area (Å²) in [4.78, 5) is 17.4. The quantitative estimate of drug-likeness (QED) is 0.793. The van der Waals surface area contributed by atoms with E-state index in [1.165, 1.54) is 4.90 Å². The van der Waals surface area contributed by atoms with E-state index in [0.717, 1.165) is 5.69 Å². The number of aliphatic hydroxyl groups excluding tert-OH is 1. The fourth-order valence-electron chi connectivity index (χ4n) is 1.32. The van der Waals surface area contributed by atoms with Gasteiger partial charge in [-0.3, -0.25) is 9.78 Å². The van der Waals surface area contributed by atoms with Crippen molar-refractivity contribution in [3.8, 4) is 0 Å². The number of amides is 1. The predicted molar refractivity (Wildman–Crippen MR) is 57.6 cm³/mol. The molecule has 1 atom stereocenters. The fraction of sp³-hybridized carbons (Fsp3) is 0.455. The van der Waals surface area contributed by atoms with Gasteiger partial charge in [-0.15, -0.1) is 0 Å². The van der Waals surface area contributed by atoms with Crippen molar-refractivity contribution in [2.75, 3.05) is 14.1 Å². The van der Waals surface area contributed by atoms with Gasteiger partial charge in [-0.1, -0.05) is 0 Å². The van der Waals surface area contributed by atoms with Crippen molar-refractivity contribution in [1.29, 1.82) is 0 Å². The van der Waals surface area contributed by atoms with Crippen LogP contribution in [0.5, 0.6) is 0 Å². The summed E-state index contributed by atoms with van der Waals surface area (Å²) >= 11 is 0. The molecule has 15 heavy (non-hydrogen) atoms. The van der Waals surface area contributed by atoms with E-state index in [9.17, 15) is 9.90 Å². The van der Waals surface area contributed by atoms with Crippen LogP contribution >= 0.6 is 0 Å². The molecule has 0 saturated heterocycles. The Labute approximate surface area is 89.6 Å². The maximum absolute atomic E-state index is 11.8. The van der Waals surface area contributed by atoms with Crippen molar-refractivity contribution < 1.29 is 9.90 Å². The monoisotopic (exact) mass is 208 g/mol. The van der Waals surface area contributed by atoms with Crippen molar-refractivity contribution in [3.05, 3.63) is 29.1 Å². The first-order valence-electron chi connectivity index (χ1n) is 4.80. The van der Waals surface area contributed by atoms with Crippen LogP contribution in [0.15, 0.2) is 12.1 Å². The molecule has 4 nitrogen and oxygen atoms in total. The van der Waals surface area contributed by atoms with Crippen LogP contribution in [0.25, 0.3) is 0 Å². The summed E-state index contributed by atoms with van der Waals surface area (Å²) in [6.07, 6.45) is -0.733. The Morgan fingerprint density at radius 1 is 1.47 bits per heavy atom. The van der Waals surface area contributed by atoms with Gasteiger partial charge >= 0.3 is 0 Å². The number of nitrogens with zero attached hydrogens (tertiary/aromatic N) is 2. The van der Waals surface area contributed by atoms with Crippen LogP contribution in [0.2, 0.25) is 0 Å². The smallest absolute Gasteiger partial charge is 0.255 e. The molecule has 1 heterocycles. The number of carbonyl (C=O) groups is 1. The second-order valence-electron chi connectivity index (χ2n) is 3.76. The summed E-state index contributed by atoms with van der Waals surface area (Å²) in [6, 6.07) is 3.47. The van der Waals surface area contributed by atoms with Crippen LogP contribution in [0.1, 0.15) is 34.8 Å². The first kappa shape index (κ1) is 11.7. The number of pyridine rings is 1. The number of aliphatic hydroxyl groups is 1. The molecule has 1 amide bonds. The number of hydrogen-bond acceptors (Lipinski definition) is 3. The second kappa shape index (κ2) is 4.40. The van der Waals surface area contributed by atoms with Crippen LogP contribution in [0.4, 0.5) is 0 Å². The minimum absolute atomic E-state index is 0.140. The molecule has 0 radical (unpaired) electrons. The highest BCUT2D eigenvalue weighted by Gasteiger charge is 2.17. The van der Waals surface area contributed by atoms with E-state index >= 15 is 0 Å². The first-order valence-corrected chi connectivity index (χ1v) is 4.80. The van der Waals surface area contributed by atoms with E-state index in [4.69, 9.17) is 0 Å². The lowest BCUT2D eigenvalue weighted by Crippen LogP contribution is -2.24. The molecule has 0 bridgehead atoms. The molecule has 1 unspecified atom stereocenters. The maximum Gasteiger partial charge on any atom is 0.255 e. The Kier molecular flexibility index (Phi) is 3.42. The van der Waals surface area contributed by atoms with E-state index in [1.54, 1.807) is 33.2 Å². The molecule has 0 aliphatic heterocycles.